The van der Waals surface area contributed by atoms with Crippen molar-refractivity contribution >= 4 is 5.78 Å². The van der Waals surface area contributed by atoms with Crippen LogP contribution in [0.1, 0.15) is 87.0 Å². The number of hydrogen-bond acceptors (Lipinski definition) is 2. The molecule has 1 fully saturated rings. The summed E-state index contributed by atoms with van der Waals surface area (Å²) in [6.45, 7) is 15.8. The smallest absolute Gasteiger partial charge is 0.141 e. The lowest BCUT2D eigenvalue weighted by Crippen LogP contribution is -2.37. The molecule has 0 aromatic carbocycles. The molecule has 0 atom stereocenters. The van der Waals surface area contributed by atoms with Crippen LogP contribution >= 0.6 is 0 Å². The molecule has 0 heterocycles. The summed E-state index contributed by atoms with van der Waals surface area (Å²) in [7, 11) is 0. The van der Waals surface area contributed by atoms with Crippen molar-refractivity contribution in [2.75, 3.05) is 6.54 Å². The van der Waals surface area contributed by atoms with Gasteiger partial charge in [-0.1, -0.05) is 54.9 Å². The fraction of sp³-hybridized carbons (Fsp3) is 0.947. The van der Waals surface area contributed by atoms with Crippen molar-refractivity contribution < 1.29 is 4.79 Å². The van der Waals surface area contributed by atoms with E-state index < -0.39 is 0 Å². The summed E-state index contributed by atoms with van der Waals surface area (Å²) < 4.78 is 0. The summed E-state index contributed by atoms with van der Waals surface area (Å²) in [5.41, 5.74) is 5.80. The molecule has 0 bridgehead atoms. The third-order valence-corrected chi connectivity index (χ3v) is 5.10. The van der Waals surface area contributed by atoms with Gasteiger partial charge in [0.15, 0.2) is 0 Å². The van der Waals surface area contributed by atoms with Crippen molar-refractivity contribution in [1.29, 1.82) is 0 Å². The standard InChI is InChI=1S/C17H33NO.C2H6/c1-6-16(2,3)12-17(4,5)15(19)14-9-7-13(11-18)8-10-14;1-2/h13-14H,6-12,18H2,1-5H3;1-2H3. The maximum atomic E-state index is 12.8. The molecule has 126 valence electrons. The molecule has 1 saturated carbocycles. The second-order valence-corrected chi connectivity index (χ2v) is 7.90. The van der Waals surface area contributed by atoms with E-state index in [-0.39, 0.29) is 16.7 Å². The molecule has 0 radical (unpaired) electrons. The van der Waals surface area contributed by atoms with Gasteiger partial charge in [-0.05, 0) is 50.0 Å². The third kappa shape index (κ3) is 6.50. The Kier molecular flexibility index (Phi) is 8.77. The van der Waals surface area contributed by atoms with Gasteiger partial charge < -0.3 is 5.73 Å². The Morgan fingerprint density at radius 1 is 1.05 bits per heavy atom. The van der Waals surface area contributed by atoms with Crippen LogP contribution in [0.3, 0.4) is 0 Å². The number of carbonyl (C=O) groups is 1. The summed E-state index contributed by atoms with van der Waals surface area (Å²) in [4.78, 5) is 12.8. The Balaban J connectivity index is 0.00000191. The van der Waals surface area contributed by atoms with Crippen molar-refractivity contribution in [3.8, 4) is 0 Å². The molecule has 0 spiro atoms. The Bertz CT molecular complexity index is 299. The van der Waals surface area contributed by atoms with E-state index in [4.69, 9.17) is 5.73 Å². The molecule has 0 saturated heterocycles. The van der Waals surface area contributed by atoms with Crippen LogP contribution in [0.4, 0.5) is 0 Å². The minimum atomic E-state index is -0.181. The average Bonchev–Trinajstić information content (AvgIpc) is 2.47. The highest BCUT2D eigenvalue weighted by Gasteiger charge is 2.38. The van der Waals surface area contributed by atoms with Gasteiger partial charge in [-0.25, -0.2) is 0 Å². The Morgan fingerprint density at radius 3 is 1.90 bits per heavy atom. The Labute approximate surface area is 133 Å². The van der Waals surface area contributed by atoms with Crippen molar-refractivity contribution in [3.05, 3.63) is 0 Å². The first kappa shape index (κ1) is 20.6. The molecular weight excluding hydrogens is 258 g/mol. The Hall–Kier alpha value is -0.370. The summed E-state index contributed by atoms with van der Waals surface area (Å²) in [5.74, 6) is 1.43. The maximum absolute atomic E-state index is 12.8. The molecule has 0 aliphatic heterocycles. The van der Waals surface area contributed by atoms with Crippen LogP contribution in [0, 0.1) is 22.7 Å². The molecular formula is C19H39NO. The minimum absolute atomic E-state index is 0.181. The van der Waals surface area contributed by atoms with Gasteiger partial charge in [-0.15, -0.1) is 0 Å². The average molecular weight is 298 g/mol. The van der Waals surface area contributed by atoms with Crippen LogP contribution in [0.25, 0.3) is 0 Å². The van der Waals surface area contributed by atoms with Gasteiger partial charge in [0.2, 0.25) is 0 Å². The van der Waals surface area contributed by atoms with Crippen LogP contribution in [0.5, 0.6) is 0 Å². The minimum Gasteiger partial charge on any atom is -0.330 e. The molecule has 2 N–H and O–H groups in total. The monoisotopic (exact) mass is 297 g/mol. The lowest BCUT2D eigenvalue weighted by Gasteiger charge is -2.37. The molecule has 1 rings (SSSR count). The first-order chi connectivity index (χ1) is 9.72. The molecule has 0 aromatic heterocycles. The van der Waals surface area contributed by atoms with Gasteiger partial charge in [-0.2, -0.15) is 0 Å². The van der Waals surface area contributed by atoms with Crippen LogP contribution in [-0.4, -0.2) is 12.3 Å². The SMILES string of the molecule is CC.CCC(C)(C)CC(C)(C)C(=O)C1CCC(CN)CC1. The summed E-state index contributed by atoms with van der Waals surface area (Å²) >= 11 is 0. The fourth-order valence-electron chi connectivity index (χ4n) is 3.62. The van der Waals surface area contributed by atoms with E-state index in [0.29, 0.717) is 11.7 Å². The van der Waals surface area contributed by atoms with E-state index in [9.17, 15) is 4.79 Å². The van der Waals surface area contributed by atoms with E-state index in [1.807, 2.05) is 13.8 Å². The van der Waals surface area contributed by atoms with E-state index >= 15 is 0 Å². The Morgan fingerprint density at radius 2 is 1.52 bits per heavy atom. The maximum Gasteiger partial charge on any atom is 0.141 e. The molecule has 1 aliphatic carbocycles. The predicted molar refractivity (Wildman–Crippen MR) is 93.3 cm³/mol. The largest absolute Gasteiger partial charge is 0.330 e. The predicted octanol–water partition coefficient (Wildman–Crippen LogP) is 5.20. The number of Topliss-reactive ketones (excluding diaryl/α,β-unsaturated/α-hetero) is 1. The first-order valence-corrected chi connectivity index (χ1v) is 8.96. The second-order valence-electron chi connectivity index (χ2n) is 7.90. The molecule has 2 heteroatoms. The number of rotatable bonds is 6. The molecule has 0 unspecified atom stereocenters. The van der Waals surface area contributed by atoms with Crippen LogP contribution in [0.15, 0.2) is 0 Å². The first-order valence-electron chi connectivity index (χ1n) is 8.96. The topological polar surface area (TPSA) is 43.1 Å². The lowest BCUT2D eigenvalue weighted by molar-refractivity contribution is -0.134. The second kappa shape index (κ2) is 8.92. The van der Waals surface area contributed by atoms with Gasteiger partial charge in [0.25, 0.3) is 0 Å². The zero-order valence-electron chi connectivity index (χ0n) is 15.6. The van der Waals surface area contributed by atoms with Gasteiger partial charge in [-0.3, -0.25) is 4.79 Å². The quantitative estimate of drug-likeness (QED) is 0.732. The third-order valence-electron chi connectivity index (χ3n) is 5.10. The van der Waals surface area contributed by atoms with Gasteiger partial charge in [0, 0.05) is 11.3 Å². The summed E-state index contributed by atoms with van der Waals surface area (Å²) in [6, 6.07) is 0. The van der Waals surface area contributed by atoms with Crippen molar-refractivity contribution in [3.63, 3.8) is 0 Å². The van der Waals surface area contributed by atoms with Crippen molar-refractivity contribution in [2.24, 2.45) is 28.4 Å². The summed E-state index contributed by atoms with van der Waals surface area (Å²) in [5, 5.41) is 0. The van der Waals surface area contributed by atoms with Gasteiger partial charge >= 0.3 is 0 Å². The van der Waals surface area contributed by atoms with Gasteiger partial charge in [0.05, 0.1) is 0 Å². The van der Waals surface area contributed by atoms with Crippen molar-refractivity contribution in [1.82, 2.24) is 0 Å². The van der Waals surface area contributed by atoms with E-state index in [0.717, 1.165) is 45.1 Å². The molecule has 21 heavy (non-hydrogen) atoms. The summed E-state index contributed by atoms with van der Waals surface area (Å²) in [6.07, 6.45) is 6.50. The van der Waals surface area contributed by atoms with Crippen LogP contribution in [0.2, 0.25) is 0 Å². The number of hydrogen-bond donors (Lipinski definition) is 1. The van der Waals surface area contributed by atoms with E-state index in [1.165, 1.54) is 0 Å². The normalized spacial score (nSPS) is 23.2. The number of ketones is 1. The molecule has 2 nitrogen and oxygen atoms in total. The zero-order valence-corrected chi connectivity index (χ0v) is 15.6. The highest BCUT2D eigenvalue weighted by atomic mass is 16.1. The number of carbonyl (C=O) groups excluding carboxylic acids is 1. The highest BCUT2D eigenvalue weighted by Crippen LogP contribution is 2.41. The van der Waals surface area contributed by atoms with Crippen LogP contribution < -0.4 is 5.73 Å². The zero-order chi connectivity index (χ0) is 16.7. The lowest BCUT2D eigenvalue weighted by atomic mass is 9.66. The molecule has 1 aliphatic rings. The van der Waals surface area contributed by atoms with Crippen molar-refractivity contribution in [2.45, 2.75) is 87.0 Å². The highest BCUT2D eigenvalue weighted by molar-refractivity contribution is 5.86. The van der Waals surface area contributed by atoms with E-state index in [2.05, 4.69) is 34.6 Å². The fourth-order valence-corrected chi connectivity index (χ4v) is 3.62. The number of nitrogens with two attached hydrogens (primary N) is 1. The molecule has 0 amide bonds. The van der Waals surface area contributed by atoms with Gasteiger partial charge in [0.1, 0.15) is 5.78 Å². The van der Waals surface area contributed by atoms with E-state index in [1.54, 1.807) is 0 Å². The molecule has 0 aromatic rings. The van der Waals surface area contributed by atoms with Crippen LogP contribution in [-0.2, 0) is 4.79 Å².